The zero-order valence-electron chi connectivity index (χ0n) is 10.4. The van der Waals surface area contributed by atoms with E-state index in [2.05, 4.69) is 4.72 Å². The minimum absolute atomic E-state index is 0.0456. The number of hydrogen-bond acceptors (Lipinski definition) is 3. The summed E-state index contributed by atoms with van der Waals surface area (Å²) in [4.78, 5) is 0. The number of nitrogens with zero attached hydrogens (tertiary/aromatic N) is 1. The van der Waals surface area contributed by atoms with Crippen molar-refractivity contribution in [3.05, 3.63) is 28.8 Å². The molecule has 0 aromatic heterocycles. The Morgan fingerprint density at radius 3 is 2.72 bits per heavy atom. The minimum atomic E-state index is -3.61. The Kier molecular flexibility index (Phi) is 5.40. The number of aryl methyl sites for hydroxylation is 1. The summed E-state index contributed by atoms with van der Waals surface area (Å²) in [5, 5.41) is 9.16. The number of hydrogen-bond donors (Lipinski definition) is 2. The van der Waals surface area contributed by atoms with Gasteiger partial charge < -0.3 is 5.11 Å². The molecule has 0 aliphatic rings. The maximum Gasteiger partial charge on any atom is 0.301 e. The van der Waals surface area contributed by atoms with Gasteiger partial charge >= 0.3 is 10.2 Å². The lowest BCUT2D eigenvalue weighted by molar-refractivity contribution is 0.276. The zero-order valence-corrected chi connectivity index (χ0v) is 11.9. The number of benzene rings is 1. The summed E-state index contributed by atoms with van der Waals surface area (Å²) in [6, 6.07) is 5.01. The first-order chi connectivity index (χ1) is 8.36. The van der Waals surface area contributed by atoms with Crippen molar-refractivity contribution in [3.8, 4) is 0 Å². The first-order valence-corrected chi connectivity index (χ1v) is 7.29. The van der Waals surface area contributed by atoms with E-state index in [0.29, 0.717) is 17.1 Å². The van der Waals surface area contributed by atoms with Crippen LogP contribution >= 0.6 is 11.6 Å². The molecule has 0 aliphatic carbocycles. The smallest absolute Gasteiger partial charge is 0.301 e. The van der Waals surface area contributed by atoms with Crippen molar-refractivity contribution >= 4 is 27.5 Å². The molecule has 0 fully saturated rings. The van der Waals surface area contributed by atoms with Gasteiger partial charge in [-0.3, -0.25) is 4.72 Å². The van der Waals surface area contributed by atoms with Crippen LogP contribution < -0.4 is 4.72 Å². The molecule has 0 amide bonds. The molecular weight excluding hydrogens is 276 g/mol. The monoisotopic (exact) mass is 292 g/mol. The van der Waals surface area contributed by atoms with Crippen molar-refractivity contribution in [1.82, 2.24) is 4.31 Å². The molecule has 1 aromatic carbocycles. The van der Waals surface area contributed by atoms with Crippen LogP contribution in [0.5, 0.6) is 0 Å². The first kappa shape index (κ1) is 15.2. The van der Waals surface area contributed by atoms with E-state index in [-0.39, 0.29) is 13.2 Å². The molecule has 0 aliphatic heterocycles. The first-order valence-electron chi connectivity index (χ1n) is 5.48. The van der Waals surface area contributed by atoms with Crippen LogP contribution in [0.25, 0.3) is 0 Å². The highest BCUT2D eigenvalue weighted by atomic mass is 35.5. The molecule has 0 bridgehead atoms. The van der Waals surface area contributed by atoms with Crippen molar-refractivity contribution in [2.24, 2.45) is 0 Å². The molecule has 0 saturated heterocycles. The molecule has 0 unspecified atom stereocenters. The number of rotatable bonds is 6. The largest absolute Gasteiger partial charge is 0.396 e. The van der Waals surface area contributed by atoms with Crippen LogP contribution in [-0.4, -0.2) is 38.0 Å². The second-order valence-electron chi connectivity index (χ2n) is 3.97. The summed E-state index contributed by atoms with van der Waals surface area (Å²) in [7, 11) is -2.16. The van der Waals surface area contributed by atoms with E-state index in [4.69, 9.17) is 16.7 Å². The average Bonchev–Trinajstić information content (AvgIpc) is 2.30. The highest BCUT2D eigenvalue weighted by Gasteiger charge is 2.17. The van der Waals surface area contributed by atoms with Gasteiger partial charge in [0.1, 0.15) is 0 Å². The van der Waals surface area contributed by atoms with Crippen LogP contribution in [0, 0.1) is 6.92 Å². The quantitative estimate of drug-likeness (QED) is 0.837. The summed E-state index contributed by atoms with van der Waals surface area (Å²) in [6.45, 7) is 2.00. The number of nitrogens with one attached hydrogen (secondary N) is 1. The molecule has 0 saturated carbocycles. The van der Waals surface area contributed by atoms with E-state index in [1.165, 1.54) is 7.05 Å². The van der Waals surface area contributed by atoms with Crippen LogP contribution in [0.1, 0.15) is 12.0 Å². The molecule has 2 N–H and O–H groups in total. The van der Waals surface area contributed by atoms with E-state index in [1.54, 1.807) is 25.1 Å². The lowest BCUT2D eigenvalue weighted by Crippen LogP contribution is -2.33. The molecule has 0 heterocycles. The molecule has 0 atom stereocenters. The third-order valence-electron chi connectivity index (χ3n) is 2.48. The molecule has 5 nitrogen and oxygen atoms in total. The number of halogens is 1. The topological polar surface area (TPSA) is 69.6 Å². The van der Waals surface area contributed by atoms with Gasteiger partial charge in [-0.25, -0.2) is 0 Å². The maximum atomic E-state index is 12.0. The summed E-state index contributed by atoms with van der Waals surface area (Å²) >= 11 is 5.83. The molecule has 0 spiro atoms. The zero-order chi connectivity index (χ0) is 13.8. The fourth-order valence-corrected chi connectivity index (χ4v) is 2.53. The summed E-state index contributed by atoms with van der Waals surface area (Å²) < 4.78 is 27.5. The lowest BCUT2D eigenvalue weighted by Gasteiger charge is -2.18. The second-order valence-corrected chi connectivity index (χ2v) is 6.18. The van der Waals surface area contributed by atoms with E-state index in [1.807, 2.05) is 0 Å². The molecule has 1 aromatic rings. The summed E-state index contributed by atoms with van der Waals surface area (Å²) in [5.41, 5.74) is 1.25. The van der Waals surface area contributed by atoms with E-state index in [9.17, 15) is 8.42 Å². The Morgan fingerprint density at radius 2 is 2.11 bits per heavy atom. The van der Waals surface area contributed by atoms with Crippen molar-refractivity contribution in [2.45, 2.75) is 13.3 Å². The van der Waals surface area contributed by atoms with Crippen molar-refractivity contribution in [1.29, 1.82) is 0 Å². The highest BCUT2D eigenvalue weighted by Crippen LogP contribution is 2.21. The summed E-state index contributed by atoms with van der Waals surface area (Å²) in [6.07, 6.45) is 0.395. The van der Waals surface area contributed by atoms with Crippen LogP contribution in [0.3, 0.4) is 0 Å². The van der Waals surface area contributed by atoms with Gasteiger partial charge in [0.25, 0.3) is 0 Å². The maximum absolute atomic E-state index is 12.0. The Balaban J connectivity index is 2.85. The second kappa shape index (κ2) is 6.38. The van der Waals surface area contributed by atoms with Crippen LogP contribution in [-0.2, 0) is 10.2 Å². The van der Waals surface area contributed by atoms with Crippen molar-refractivity contribution < 1.29 is 13.5 Å². The molecule has 1 rings (SSSR count). The number of aliphatic hydroxyl groups excluding tert-OH is 1. The van der Waals surface area contributed by atoms with Gasteiger partial charge in [0.2, 0.25) is 0 Å². The fourth-order valence-electron chi connectivity index (χ4n) is 1.33. The predicted molar refractivity (Wildman–Crippen MR) is 73.1 cm³/mol. The third-order valence-corrected chi connectivity index (χ3v) is 4.20. The Morgan fingerprint density at radius 1 is 1.44 bits per heavy atom. The van der Waals surface area contributed by atoms with Crippen LogP contribution in [0.2, 0.25) is 5.02 Å². The molecule has 18 heavy (non-hydrogen) atoms. The predicted octanol–water partition coefficient (Wildman–Crippen LogP) is 1.62. The van der Waals surface area contributed by atoms with Gasteiger partial charge in [-0.15, -0.1) is 0 Å². The number of anilines is 1. The van der Waals surface area contributed by atoms with Gasteiger partial charge in [-0.05, 0) is 31.0 Å². The van der Waals surface area contributed by atoms with Crippen LogP contribution in [0.4, 0.5) is 5.69 Å². The Hall–Kier alpha value is -0.820. The molecule has 0 radical (unpaired) electrons. The normalized spacial score (nSPS) is 11.8. The SMILES string of the molecule is Cc1ccc(Cl)cc1NS(=O)(=O)N(C)CCCO. The van der Waals surface area contributed by atoms with Gasteiger partial charge in [-0.1, -0.05) is 17.7 Å². The lowest BCUT2D eigenvalue weighted by atomic mass is 10.2. The standard InChI is InChI=1S/C11H17ClN2O3S/c1-9-4-5-10(12)8-11(9)13-18(16,17)14(2)6-3-7-15/h4-5,8,13,15H,3,6-7H2,1-2H3. The minimum Gasteiger partial charge on any atom is -0.396 e. The van der Waals surface area contributed by atoms with Gasteiger partial charge in [0.05, 0.1) is 5.69 Å². The Bertz CT molecular complexity index is 505. The van der Waals surface area contributed by atoms with E-state index < -0.39 is 10.2 Å². The molecule has 7 heteroatoms. The van der Waals surface area contributed by atoms with Gasteiger partial charge in [0, 0.05) is 25.2 Å². The van der Waals surface area contributed by atoms with E-state index >= 15 is 0 Å². The molecule has 102 valence electrons. The highest BCUT2D eigenvalue weighted by molar-refractivity contribution is 7.90. The van der Waals surface area contributed by atoms with Crippen molar-refractivity contribution in [3.63, 3.8) is 0 Å². The fraction of sp³-hybridized carbons (Fsp3) is 0.455. The van der Waals surface area contributed by atoms with Crippen LogP contribution in [0.15, 0.2) is 18.2 Å². The number of aliphatic hydroxyl groups is 1. The van der Waals surface area contributed by atoms with E-state index in [0.717, 1.165) is 9.87 Å². The average molecular weight is 293 g/mol. The summed E-state index contributed by atoms with van der Waals surface area (Å²) in [5.74, 6) is 0. The van der Waals surface area contributed by atoms with Crippen molar-refractivity contribution in [2.75, 3.05) is 24.9 Å². The van der Waals surface area contributed by atoms with Gasteiger partial charge in [0.15, 0.2) is 0 Å². The molecular formula is C11H17ClN2O3S. The third kappa shape index (κ3) is 4.13. The van der Waals surface area contributed by atoms with Gasteiger partial charge in [-0.2, -0.15) is 12.7 Å². The Labute approximate surface area is 113 Å².